The summed E-state index contributed by atoms with van der Waals surface area (Å²) in [7, 11) is 1.78. The first-order valence-corrected chi connectivity index (χ1v) is 11.6. The van der Waals surface area contributed by atoms with Crippen LogP contribution in [0.25, 0.3) is 0 Å². The van der Waals surface area contributed by atoms with Gasteiger partial charge >= 0.3 is 17.9 Å². The van der Waals surface area contributed by atoms with E-state index in [4.69, 9.17) is 4.74 Å². The van der Waals surface area contributed by atoms with Crippen LogP contribution in [0.4, 0.5) is 16.3 Å². The summed E-state index contributed by atoms with van der Waals surface area (Å²) in [4.78, 5) is 43.7. The number of aryl methyl sites for hydroxylation is 1. The van der Waals surface area contributed by atoms with Crippen LogP contribution in [-0.2, 0) is 24.2 Å². The number of hydrogen-bond acceptors (Lipinski definition) is 7. The maximum Gasteiger partial charge on any atom is 0.415 e. The molecule has 3 aliphatic heterocycles. The van der Waals surface area contributed by atoms with Crippen LogP contribution in [0.15, 0.2) is 24.4 Å². The molecule has 0 aliphatic carbocycles. The monoisotopic (exact) mass is 484 g/mol. The molecule has 1 N–H and O–H groups in total. The van der Waals surface area contributed by atoms with Crippen LogP contribution in [-0.4, -0.2) is 86.3 Å². The van der Waals surface area contributed by atoms with Crippen LogP contribution in [0.1, 0.15) is 24.5 Å². The van der Waals surface area contributed by atoms with E-state index < -0.39 is 16.6 Å². The second-order valence-corrected chi connectivity index (χ2v) is 9.80. The molecule has 0 saturated carbocycles. The first-order chi connectivity index (χ1) is 16.6. The highest BCUT2D eigenvalue weighted by atomic mass is 16.6. The molecule has 0 radical (unpaired) electrons. The van der Waals surface area contributed by atoms with Crippen molar-refractivity contribution in [3.05, 3.63) is 45.6 Å². The number of anilines is 1. The number of carbonyl (C=O) groups excluding carboxylic acids is 1. The lowest BCUT2D eigenvalue weighted by atomic mass is 9.95. The Morgan fingerprint density at radius 1 is 1.34 bits per heavy atom. The summed E-state index contributed by atoms with van der Waals surface area (Å²) in [6.45, 7) is 4.42. The molecule has 5 rings (SSSR count). The fourth-order valence-corrected chi connectivity index (χ4v) is 5.44. The lowest BCUT2D eigenvalue weighted by molar-refractivity contribution is -0.389. The van der Waals surface area contributed by atoms with E-state index >= 15 is 0 Å². The van der Waals surface area contributed by atoms with Gasteiger partial charge in [0, 0.05) is 50.3 Å². The predicted octanol–water partition coefficient (Wildman–Crippen LogP) is 1.76. The van der Waals surface area contributed by atoms with Crippen molar-refractivity contribution in [1.29, 1.82) is 0 Å². The largest absolute Gasteiger partial charge is 0.465 e. The third-order valence-corrected chi connectivity index (χ3v) is 7.09. The fourth-order valence-electron chi connectivity index (χ4n) is 5.44. The molecule has 1 aromatic heterocycles. The van der Waals surface area contributed by atoms with E-state index in [1.165, 1.54) is 11.1 Å². The standard InChI is InChI=1S/C23H28N6O6/c1-23(14-27-12-19(29(33)34)24-21(27)35-23)13-26-7-8-28(22(31)32)17(11-26)10-15-3-5-18-16(9-15)4-6-20(30)25(18)2/h3,5,9,12,17H,4,6-8,10-11,13-14H2,1-2H3,(H,31,32)/t17?,23-/m0/s1. The van der Waals surface area contributed by atoms with Gasteiger partial charge in [0.1, 0.15) is 11.8 Å². The molecule has 1 fully saturated rings. The van der Waals surface area contributed by atoms with Crippen molar-refractivity contribution in [2.24, 2.45) is 0 Å². The van der Waals surface area contributed by atoms with E-state index in [-0.39, 0.29) is 23.8 Å². The first kappa shape index (κ1) is 23.1. The molecule has 0 spiro atoms. The summed E-state index contributed by atoms with van der Waals surface area (Å²) in [5.41, 5.74) is 2.44. The van der Waals surface area contributed by atoms with Gasteiger partial charge in [0.05, 0.1) is 12.6 Å². The molecule has 2 aromatic rings. The van der Waals surface area contributed by atoms with E-state index in [0.717, 1.165) is 16.8 Å². The van der Waals surface area contributed by atoms with Gasteiger partial charge in [0.25, 0.3) is 0 Å². The van der Waals surface area contributed by atoms with E-state index in [9.17, 15) is 24.8 Å². The number of nitro groups is 1. The number of carboxylic acid groups (broad SMARTS) is 1. The minimum Gasteiger partial charge on any atom is -0.465 e. The summed E-state index contributed by atoms with van der Waals surface area (Å²) in [5, 5.41) is 20.8. The zero-order valence-electron chi connectivity index (χ0n) is 19.7. The van der Waals surface area contributed by atoms with Crippen molar-refractivity contribution in [3.63, 3.8) is 0 Å². The van der Waals surface area contributed by atoms with Gasteiger partial charge in [-0.25, -0.2) is 4.79 Å². The Morgan fingerprint density at radius 2 is 2.14 bits per heavy atom. The highest BCUT2D eigenvalue weighted by molar-refractivity contribution is 5.95. The number of ether oxygens (including phenoxy) is 1. The smallest absolute Gasteiger partial charge is 0.415 e. The molecule has 4 heterocycles. The topological polar surface area (TPSA) is 134 Å². The van der Waals surface area contributed by atoms with Crippen molar-refractivity contribution < 1.29 is 24.4 Å². The minimum absolute atomic E-state index is 0.101. The zero-order valence-corrected chi connectivity index (χ0v) is 19.7. The molecule has 1 unspecified atom stereocenters. The van der Waals surface area contributed by atoms with E-state index in [2.05, 4.69) is 16.0 Å². The second-order valence-electron chi connectivity index (χ2n) is 9.80. The predicted molar refractivity (Wildman–Crippen MR) is 125 cm³/mol. The van der Waals surface area contributed by atoms with Crippen LogP contribution < -0.4 is 9.64 Å². The van der Waals surface area contributed by atoms with Crippen molar-refractivity contribution in [3.8, 4) is 6.01 Å². The maximum atomic E-state index is 12.0. The summed E-state index contributed by atoms with van der Waals surface area (Å²) in [6.07, 6.45) is 2.18. The van der Waals surface area contributed by atoms with Gasteiger partial charge in [-0.1, -0.05) is 12.1 Å². The van der Waals surface area contributed by atoms with Gasteiger partial charge in [0.2, 0.25) is 5.91 Å². The number of piperazine rings is 1. The fraction of sp³-hybridized carbons (Fsp3) is 0.522. The minimum atomic E-state index is -0.936. The third-order valence-electron chi connectivity index (χ3n) is 7.09. The SMILES string of the molecule is CN1C(=O)CCc2cc(CC3CN(C[C@@]4(C)Cn5cc([N+](=O)[O-])nc5O4)CCN3C(=O)O)ccc21. The Morgan fingerprint density at radius 3 is 2.86 bits per heavy atom. The average molecular weight is 485 g/mol. The number of fused-ring (bicyclic) bond motifs is 2. The highest BCUT2D eigenvalue weighted by Crippen LogP contribution is 2.32. The summed E-state index contributed by atoms with van der Waals surface area (Å²) in [6, 6.07) is 6.01. The molecule has 186 valence electrons. The molecular weight excluding hydrogens is 456 g/mol. The Balaban J connectivity index is 1.28. The van der Waals surface area contributed by atoms with Gasteiger partial charge in [-0.15, -0.1) is 0 Å². The molecule has 2 atom stereocenters. The van der Waals surface area contributed by atoms with E-state index in [1.807, 2.05) is 19.1 Å². The quantitative estimate of drug-likeness (QED) is 0.501. The van der Waals surface area contributed by atoms with Gasteiger partial charge < -0.3 is 29.8 Å². The van der Waals surface area contributed by atoms with Crippen molar-refractivity contribution in [1.82, 2.24) is 19.4 Å². The summed E-state index contributed by atoms with van der Waals surface area (Å²) < 4.78 is 7.63. The van der Waals surface area contributed by atoms with Crippen molar-refractivity contribution in [2.75, 3.05) is 38.1 Å². The molecule has 2 amide bonds. The summed E-state index contributed by atoms with van der Waals surface area (Å²) >= 11 is 0. The molecule has 35 heavy (non-hydrogen) atoms. The van der Waals surface area contributed by atoms with Crippen LogP contribution in [0, 0.1) is 10.1 Å². The van der Waals surface area contributed by atoms with E-state index in [0.29, 0.717) is 52.0 Å². The Labute approximate surface area is 201 Å². The molecular formula is C23H28N6O6. The van der Waals surface area contributed by atoms with Crippen LogP contribution >= 0.6 is 0 Å². The van der Waals surface area contributed by atoms with Crippen molar-refractivity contribution >= 4 is 23.5 Å². The number of carbonyl (C=O) groups is 2. The molecule has 12 nitrogen and oxygen atoms in total. The lowest BCUT2D eigenvalue weighted by Crippen LogP contribution is -2.58. The molecule has 1 saturated heterocycles. The second kappa shape index (κ2) is 8.52. The molecule has 12 heteroatoms. The van der Waals surface area contributed by atoms with Crippen LogP contribution in [0.2, 0.25) is 0 Å². The number of amides is 2. The number of aromatic nitrogens is 2. The van der Waals surface area contributed by atoms with Gasteiger partial charge in [-0.05, 0) is 41.9 Å². The Hall–Kier alpha value is -3.67. The number of hydrogen-bond donors (Lipinski definition) is 1. The van der Waals surface area contributed by atoms with Gasteiger partial charge in [-0.2, -0.15) is 0 Å². The summed E-state index contributed by atoms with van der Waals surface area (Å²) in [5.74, 6) is -0.137. The maximum absolute atomic E-state index is 12.0. The third kappa shape index (κ3) is 4.41. The average Bonchev–Trinajstić information content (AvgIpc) is 3.31. The number of rotatable bonds is 5. The zero-order chi connectivity index (χ0) is 24.9. The van der Waals surface area contributed by atoms with Gasteiger partial charge in [-0.3, -0.25) is 14.3 Å². The number of benzene rings is 1. The lowest BCUT2D eigenvalue weighted by Gasteiger charge is -2.42. The first-order valence-electron chi connectivity index (χ1n) is 11.6. The highest BCUT2D eigenvalue weighted by Gasteiger charge is 2.43. The van der Waals surface area contributed by atoms with Gasteiger partial charge in [0.15, 0.2) is 0 Å². The van der Waals surface area contributed by atoms with Crippen molar-refractivity contribution in [2.45, 2.75) is 44.4 Å². The Bertz CT molecular complexity index is 1170. The Kier molecular flexibility index (Phi) is 5.62. The number of imidazole rings is 1. The van der Waals surface area contributed by atoms with Crippen LogP contribution in [0.5, 0.6) is 6.01 Å². The molecule has 1 aromatic carbocycles. The van der Waals surface area contributed by atoms with E-state index in [1.54, 1.807) is 16.5 Å². The molecule has 3 aliphatic rings. The number of nitrogens with zero attached hydrogens (tertiary/aromatic N) is 6. The normalized spacial score (nSPS) is 24.2. The molecule has 0 bridgehead atoms. The van der Waals surface area contributed by atoms with Crippen LogP contribution in [0.3, 0.4) is 0 Å².